The molecule has 150 valence electrons. The summed E-state index contributed by atoms with van der Waals surface area (Å²) in [5.74, 6) is -3.41. The van der Waals surface area contributed by atoms with E-state index in [1.165, 1.54) is 44.7 Å². The Morgan fingerprint density at radius 1 is 1.30 bits per heavy atom. The van der Waals surface area contributed by atoms with E-state index in [1.54, 1.807) is 0 Å². The molecule has 0 saturated carbocycles. The van der Waals surface area contributed by atoms with Gasteiger partial charge in [-0.25, -0.2) is 4.79 Å². The Balaban J connectivity index is 2.68. The summed E-state index contributed by atoms with van der Waals surface area (Å²) in [6.07, 6.45) is -5.35. The van der Waals surface area contributed by atoms with Gasteiger partial charge in [-0.05, 0) is 13.0 Å². The van der Waals surface area contributed by atoms with Crippen LogP contribution in [-0.2, 0) is 9.53 Å². The normalized spacial score (nSPS) is 25.2. The van der Waals surface area contributed by atoms with Crippen LogP contribution in [0.2, 0.25) is 0 Å². The van der Waals surface area contributed by atoms with Gasteiger partial charge in [0.15, 0.2) is 11.5 Å². The highest BCUT2D eigenvalue weighted by atomic mass is 19.4. The number of hydrogen-bond donors (Lipinski definition) is 3. The van der Waals surface area contributed by atoms with Gasteiger partial charge in [0.25, 0.3) is 5.72 Å². The number of urea groups is 1. The van der Waals surface area contributed by atoms with E-state index >= 15 is 0 Å². The number of rotatable bonds is 5. The number of benzene rings is 1. The van der Waals surface area contributed by atoms with Crippen molar-refractivity contribution in [2.45, 2.75) is 24.9 Å². The first-order valence-electron chi connectivity index (χ1n) is 7.86. The highest BCUT2D eigenvalue weighted by molar-refractivity contribution is 5.83. The molecule has 27 heavy (non-hydrogen) atoms. The summed E-state index contributed by atoms with van der Waals surface area (Å²) >= 11 is 0. The van der Waals surface area contributed by atoms with Crippen molar-refractivity contribution in [2.75, 3.05) is 20.8 Å². The Morgan fingerprint density at radius 3 is 2.48 bits per heavy atom. The molecule has 0 unspecified atom stereocenters. The smallest absolute Gasteiger partial charge is 0.437 e. The molecule has 1 heterocycles. The maximum Gasteiger partial charge on any atom is 0.437 e. The van der Waals surface area contributed by atoms with Gasteiger partial charge in [-0.1, -0.05) is 12.1 Å². The topological polar surface area (TPSA) is 106 Å². The zero-order valence-corrected chi connectivity index (χ0v) is 14.7. The molecule has 0 aliphatic carbocycles. The number of nitrogens with one attached hydrogen (secondary N) is 2. The Morgan fingerprint density at radius 2 is 1.96 bits per heavy atom. The molecule has 11 heteroatoms. The number of carbonyl (C=O) groups is 2. The Labute approximate surface area is 152 Å². The van der Waals surface area contributed by atoms with Crippen LogP contribution in [0, 0.1) is 5.92 Å². The van der Waals surface area contributed by atoms with Crippen molar-refractivity contribution in [1.29, 1.82) is 0 Å². The fraction of sp³-hybridized carbons (Fsp3) is 0.500. The van der Waals surface area contributed by atoms with E-state index in [4.69, 9.17) is 14.2 Å². The van der Waals surface area contributed by atoms with Gasteiger partial charge in [-0.15, -0.1) is 0 Å². The summed E-state index contributed by atoms with van der Waals surface area (Å²) in [6, 6.07) is 1.36. The first-order valence-corrected chi connectivity index (χ1v) is 7.86. The Bertz CT molecular complexity index is 727. The quantitative estimate of drug-likeness (QED) is 0.656. The average molecular weight is 392 g/mol. The van der Waals surface area contributed by atoms with Crippen molar-refractivity contribution in [3.63, 3.8) is 0 Å². The van der Waals surface area contributed by atoms with Gasteiger partial charge in [0, 0.05) is 5.56 Å². The number of esters is 1. The summed E-state index contributed by atoms with van der Waals surface area (Å²) in [4.78, 5) is 24.2. The van der Waals surface area contributed by atoms with Crippen molar-refractivity contribution in [2.24, 2.45) is 5.92 Å². The minimum absolute atomic E-state index is 0.00558. The molecule has 1 aliphatic rings. The summed E-state index contributed by atoms with van der Waals surface area (Å²) in [5.41, 5.74) is -3.84. The van der Waals surface area contributed by atoms with Gasteiger partial charge < -0.3 is 30.0 Å². The number of carbonyl (C=O) groups excluding carboxylic acids is 2. The van der Waals surface area contributed by atoms with Gasteiger partial charge in [-0.2, -0.15) is 13.2 Å². The highest BCUT2D eigenvalue weighted by Gasteiger charge is 2.67. The molecule has 0 spiro atoms. The predicted molar refractivity (Wildman–Crippen MR) is 85.1 cm³/mol. The van der Waals surface area contributed by atoms with Crippen LogP contribution >= 0.6 is 0 Å². The lowest BCUT2D eigenvalue weighted by Gasteiger charge is -2.44. The first kappa shape index (κ1) is 20.6. The average Bonchev–Trinajstić information content (AvgIpc) is 2.59. The van der Waals surface area contributed by atoms with Gasteiger partial charge in [0.05, 0.1) is 26.9 Å². The van der Waals surface area contributed by atoms with Gasteiger partial charge in [0.2, 0.25) is 0 Å². The number of para-hydroxylation sites is 1. The molecule has 0 radical (unpaired) electrons. The molecular formula is C16H19F3N2O6. The number of methoxy groups -OCH3 is 2. The summed E-state index contributed by atoms with van der Waals surface area (Å²) < 4.78 is 55.8. The number of hydrogen-bond acceptors (Lipinski definition) is 6. The Kier molecular flexibility index (Phi) is 5.73. The third-order valence-electron chi connectivity index (χ3n) is 4.12. The molecule has 2 rings (SSSR count). The van der Waals surface area contributed by atoms with Crippen molar-refractivity contribution in [3.05, 3.63) is 23.8 Å². The molecule has 0 bridgehead atoms. The molecule has 1 saturated heterocycles. The minimum Gasteiger partial charge on any atom is -0.493 e. The third-order valence-corrected chi connectivity index (χ3v) is 4.12. The summed E-state index contributed by atoms with van der Waals surface area (Å²) in [7, 11) is 2.57. The number of aliphatic hydroxyl groups is 1. The van der Waals surface area contributed by atoms with Crippen LogP contribution in [-0.4, -0.2) is 49.8 Å². The first-order chi connectivity index (χ1) is 12.6. The van der Waals surface area contributed by atoms with Crippen LogP contribution in [0.25, 0.3) is 0 Å². The molecule has 0 aromatic heterocycles. The van der Waals surface area contributed by atoms with Crippen molar-refractivity contribution >= 4 is 12.0 Å². The van der Waals surface area contributed by atoms with Crippen molar-refractivity contribution in [3.8, 4) is 11.5 Å². The van der Waals surface area contributed by atoms with E-state index < -0.39 is 35.9 Å². The monoisotopic (exact) mass is 392 g/mol. The molecule has 1 fully saturated rings. The summed E-state index contributed by atoms with van der Waals surface area (Å²) in [6.45, 7) is 1.18. The molecule has 1 aliphatic heterocycles. The molecule has 1 aromatic rings. The number of ether oxygens (including phenoxy) is 3. The number of alkyl halides is 3. The van der Waals surface area contributed by atoms with Gasteiger partial charge in [0.1, 0.15) is 5.92 Å². The lowest BCUT2D eigenvalue weighted by molar-refractivity contribution is -0.294. The second kappa shape index (κ2) is 7.51. The summed E-state index contributed by atoms with van der Waals surface area (Å²) in [5, 5.41) is 13.9. The van der Waals surface area contributed by atoms with Crippen LogP contribution in [0.1, 0.15) is 18.5 Å². The molecule has 3 atom stereocenters. The zero-order chi connectivity index (χ0) is 20.4. The van der Waals surface area contributed by atoms with Crippen LogP contribution < -0.4 is 20.1 Å². The molecule has 8 nitrogen and oxygen atoms in total. The largest absolute Gasteiger partial charge is 0.493 e. The second-order valence-corrected chi connectivity index (χ2v) is 5.65. The fourth-order valence-electron chi connectivity index (χ4n) is 2.95. The number of amides is 2. The van der Waals surface area contributed by atoms with Crippen LogP contribution in [0.15, 0.2) is 18.2 Å². The lowest BCUT2D eigenvalue weighted by Crippen LogP contribution is -2.73. The van der Waals surface area contributed by atoms with E-state index in [0.29, 0.717) is 0 Å². The van der Waals surface area contributed by atoms with E-state index in [9.17, 15) is 27.9 Å². The second-order valence-electron chi connectivity index (χ2n) is 5.65. The molecule has 3 N–H and O–H groups in total. The Hall–Kier alpha value is -2.69. The van der Waals surface area contributed by atoms with Crippen LogP contribution in [0.3, 0.4) is 0 Å². The van der Waals surface area contributed by atoms with Crippen molar-refractivity contribution < 1.29 is 42.1 Å². The zero-order valence-electron chi connectivity index (χ0n) is 14.7. The molecular weight excluding hydrogens is 373 g/mol. The highest BCUT2D eigenvalue weighted by Crippen LogP contribution is 2.46. The maximum absolute atomic E-state index is 13.6. The van der Waals surface area contributed by atoms with E-state index in [0.717, 1.165) is 0 Å². The molecule has 1 aromatic carbocycles. The predicted octanol–water partition coefficient (Wildman–Crippen LogP) is 1.49. The minimum atomic E-state index is -5.35. The molecule has 2 amide bonds. The lowest BCUT2D eigenvalue weighted by atomic mass is 9.81. The maximum atomic E-state index is 13.6. The third kappa shape index (κ3) is 3.59. The van der Waals surface area contributed by atoms with E-state index in [-0.39, 0.29) is 23.7 Å². The van der Waals surface area contributed by atoms with Crippen LogP contribution in [0.5, 0.6) is 11.5 Å². The number of halogens is 3. The standard InChI is InChI=1S/C16H19F3N2O6/c1-4-27-13(22)10-11(8-6-5-7-9(25-2)12(8)26-3)20-14(23)21-15(10,24)16(17,18)19/h5-7,10-11,24H,4H2,1-3H3,(H2,20,21,23)/t10-,11+,15-/m0/s1. The SMILES string of the molecule is CCOC(=O)[C@@H]1[C@@H](c2cccc(OC)c2OC)NC(=O)N[C@@]1(O)C(F)(F)F. The van der Waals surface area contributed by atoms with E-state index in [1.807, 2.05) is 0 Å². The van der Waals surface area contributed by atoms with E-state index in [2.05, 4.69) is 5.32 Å². The fourth-order valence-corrected chi connectivity index (χ4v) is 2.95. The van der Waals surface area contributed by atoms with Gasteiger partial charge >= 0.3 is 18.2 Å². The van der Waals surface area contributed by atoms with Gasteiger partial charge in [-0.3, -0.25) is 4.79 Å². The van der Waals surface area contributed by atoms with Crippen LogP contribution in [0.4, 0.5) is 18.0 Å². The van der Waals surface area contributed by atoms with Crippen molar-refractivity contribution in [1.82, 2.24) is 10.6 Å².